The van der Waals surface area contributed by atoms with Gasteiger partial charge in [-0.1, -0.05) is 0 Å². The van der Waals surface area contributed by atoms with E-state index >= 15 is 0 Å². The summed E-state index contributed by atoms with van der Waals surface area (Å²) in [6.07, 6.45) is 3.96. The molecule has 2 aliphatic heterocycles. The fourth-order valence-corrected chi connectivity index (χ4v) is 5.05. The standard InChI is InChI=1S/C23H26FN7O/c1-14-8-15(2)28-23(27-14)29-11-17-9-16(3)30(13-18(17)12-29)22(32)20-10-19(24)4-5-21(20)31-25-6-7-26-31/h4-8,10,16-18H,9,11-13H2,1-3H3/t16-,17+,18+/m1/s1. The highest BCUT2D eigenvalue weighted by Gasteiger charge is 2.42. The van der Waals surface area contributed by atoms with Crippen molar-refractivity contribution in [2.75, 3.05) is 24.5 Å². The van der Waals surface area contributed by atoms with Gasteiger partial charge in [-0.05, 0) is 63.3 Å². The Labute approximate surface area is 186 Å². The van der Waals surface area contributed by atoms with E-state index in [9.17, 15) is 9.18 Å². The zero-order valence-corrected chi connectivity index (χ0v) is 18.4. The Balaban J connectivity index is 1.39. The van der Waals surface area contributed by atoms with Crippen LogP contribution in [0.3, 0.4) is 0 Å². The average molecular weight is 436 g/mol. The molecular formula is C23H26FN7O. The molecule has 1 aromatic carbocycles. The highest BCUT2D eigenvalue weighted by molar-refractivity contribution is 5.98. The molecule has 2 aliphatic rings. The van der Waals surface area contributed by atoms with E-state index in [1.807, 2.05) is 24.8 Å². The SMILES string of the molecule is Cc1cc(C)nc(N2C[C@@H]3C[C@@H](C)N(C(=O)c4cc(F)ccc4-n4nccn4)C[C@@H]3C2)n1. The molecule has 2 fully saturated rings. The summed E-state index contributed by atoms with van der Waals surface area (Å²) < 4.78 is 14.1. The molecule has 2 saturated heterocycles. The summed E-state index contributed by atoms with van der Waals surface area (Å²) in [4.78, 5) is 28.3. The Hall–Kier alpha value is -3.36. The number of carbonyl (C=O) groups is 1. The highest BCUT2D eigenvalue weighted by Crippen LogP contribution is 2.36. The fourth-order valence-electron chi connectivity index (χ4n) is 5.05. The number of nitrogens with zero attached hydrogens (tertiary/aromatic N) is 7. The minimum absolute atomic E-state index is 0.0468. The smallest absolute Gasteiger partial charge is 0.256 e. The second-order valence-corrected chi connectivity index (χ2v) is 8.90. The number of halogens is 1. The van der Waals surface area contributed by atoms with Crippen LogP contribution in [0.5, 0.6) is 0 Å². The van der Waals surface area contributed by atoms with Crippen LogP contribution >= 0.6 is 0 Å². The van der Waals surface area contributed by atoms with Gasteiger partial charge in [0.05, 0.1) is 23.6 Å². The van der Waals surface area contributed by atoms with Crippen LogP contribution in [0, 0.1) is 31.5 Å². The van der Waals surface area contributed by atoms with Crippen LogP contribution in [0.1, 0.15) is 35.1 Å². The number of likely N-dealkylation sites (tertiary alicyclic amines) is 1. The molecule has 0 spiro atoms. The predicted molar refractivity (Wildman–Crippen MR) is 117 cm³/mol. The third kappa shape index (κ3) is 3.72. The fraction of sp³-hybridized carbons (Fsp3) is 0.435. The van der Waals surface area contributed by atoms with Crippen LogP contribution in [-0.2, 0) is 0 Å². The molecule has 166 valence electrons. The monoisotopic (exact) mass is 435 g/mol. The molecule has 0 bridgehead atoms. The lowest BCUT2D eigenvalue weighted by Crippen LogP contribution is -2.49. The number of piperidine rings is 1. The van der Waals surface area contributed by atoms with Crippen molar-refractivity contribution in [3.05, 3.63) is 59.4 Å². The van der Waals surface area contributed by atoms with E-state index in [4.69, 9.17) is 0 Å². The molecule has 4 heterocycles. The summed E-state index contributed by atoms with van der Waals surface area (Å²) in [5.74, 6) is 0.909. The molecule has 2 aromatic heterocycles. The van der Waals surface area contributed by atoms with Gasteiger partial charge in [-0.2, -0.15) is 15.0 Å². The number of rotatable bonds is 3. The number of benzene rings is 1. The quantitative estimate of drug-likeness (QED) is 0.629. The molecule has 0 saturated carbocycles. The summed E-state index contributed by atoms with van der Waals surface area (Å²) in [6, 6.07) is 6.17. The first-order chi connectivity index (χ1) is 15.4. The summed E-state index contributed by atoms with van der Waals surface area (Å²) in [5.41, 5.74) is 2.67. The van der Waals surface area contributed by atoms with Gasteiger partial charge in [-0.15, -0.1) is 0 Å². The molecule has 9 heteroatoms. The van der Waals surface area contributed by atoms with Crippen molar-refractivity contribution >= 4 is 11.9 Å². The van der Waals surface area contributed by atoms with E-state index < -0.39 is 5.82 Å². The Morgan fingerprint density at radius 2 is 1.69 bits per heavy atom. The third-order valence-corrected chi connectivity index (χ3v) is 6.52. The molecule has 8 nitrogen and oxygen atoms in total. The normalized spacial score (nSPS) is 22.8. The Morgan fingerprint density at radius 3 is 2.41 bits per heavy atom. The summed E-state index contributed by atoms with van der Waals surface area (Å²) in [5, 5.41) is 8.25. The Bertz CT molecular complexity index is 1130. The number of aromatic nitrogens is 5. The van der Waals surface area contributed by atoms with Gasteiger partial charge < -0.3 is 9.80 Å². The third-order valence-electron chi connectivity index (χ3n) is 6.52. The highest BCUT2D eigenvalue weighted by atomic mass is 19.1. The van der Waals surface area contributed by atoms with Crippen molar-refractivity contribution in [2.24, 2.45) is 11.8 Å². The van der Waals surface area contributed by atoms with Crippen LogP contribution < -0.4 is 4.90 Å². The van der Waals surface area contributed by atoms with Crippen molar-refractivity contribution in [2.45, 2.75) is 33.2 Å². The van der Waals surface area contributed by atoms with E-state index in [2.05, 4.69) is 32.0 Å². The number of carbonyl (C=O) groups excluding carboxylic acids is 1. The molecule has 0 radical (unpaired) electrons. The van der Waals surface area contributed by atoms with Gasteiger partial charge >= 0.3 is 0 Å². The second-order valence-electron chi connectivity index (χ2n) is 8.90. The van der Waals surface area contributed by atoms with Crippen LogP contribution in [-0.4, -0.2) is 61.4 Å². The average Bonchev–Trinajstić information content (AvgIpc) is 3.41. The van der Waals surface area contributed by atoms with E-state index in [0.717, 1.165) is 36.8 Å². The van der Waals surface area contributed by atoms with Gasteiger partial charge in [-0.3, -0.25) is 4.79 Å². The van der Waals surface area contributed by atoms with Crippen LogP contribution in [0.25, 0.3) is 5.69 Å². The predicted octanol–water partition coefficient (Wildman–Crippen LogP) is 2.80. The largest absolute Gasteiger partial charge is 0.340 e. The lowest BCUT2D eigenvalue weighted by molar-refractivity contribution is 0.0505. The van der Waals surface area contributed by atoms with E-state index in [1.165, 1.54) is 29.3 Å². The first-order valence-corrected chi connectivity index (χ1v) is 10.9. The van der Waals surface area contributed by atoms with Gasteiger partial charge in [0.2, 0.25) is 5.95 Å². The topological polar surface area (TPSA) is 80.0 Å². The number of hydrogen-bond donors (Lipinski definition) is 0. The van der Waals surface area contributed by atoms with Crippen LogP contribution in [0.4, 0.5) is 10.3 Å². The number of hydrogen-bond acceptors (Lipinski definition) is 6. The number of fused-ring (bicyclic) bond motifs is 1. The number of aryl methyl sites for hydroxylation is 2. The molecule has 3 aromatic rings. The van der Waals surface area contributed by atoms with Crippen LogP contribution in [0.2, 0.25) is 0 Å². The molecule has 1 amide bonds. The molecule has 0 N–H and O–H groups in total. The molecule has 0 unspecified atom stereocenters. The summed E-state index contributed by atoms with van der Waals surface area (Å²) in [6.45, 7) is 8.34. The molecule has 32 heavy (non-hydrogen) atoms. The number of anilines is 1. The maximum Gasteiger partial charge on any atom is 0.256 e. The minimum atomic E-state index is -0.453. The van der Waals surface area contributed by atoms with Gasteiger partial charge in [0.15, 0.2) is 0 Å². The van der Waals surface area contributed by atoms with Gasteiger partial charge in [0.1, 0.15) is 5.82 Å². The molecule has 3 atom stereocenters. The minimum Gasteiger partial charge on any atom is -0.340 e. The Kier molecular flexibility index (Phi) is 5.11. The van der Waals surface area contributed by atoms with Gasteiger partial charge in [0, 0.05) is 37.1 Å². The van der Waals surface area contributed by atoms with E-state index in [1.54, 1.807) is 6.07 Å². The van der Waals surface area contributed by atoms with E-state index in [0.29, 0.717) is 24.1 Å². The summed E-state index contributed by atoms with van der Waals surface area (Å²) >= 11 is 0. The zero-order chi connectivity index (χ0) is 22.4. The first-order valence-electron chi connectivity index (χ1n) is 10.9. The van der Waals surface area contributed by atoms with Crippen molar-refractivity contribution < 1.29 is 9.18 Å². The maximum absolute atomic E-state index is 14.1. The second kappa shape index (κ2) is 7.96. The van der Waals surface area contributed by atoms with Crippen molar-refractivity contribution in [1.29, 1.82) is 0 Å². The van der Waals surface area contributed by atoms with Gasteiger partial charge in [0.25, 0.3) is 5.91 Å². The van der Waals surface area contributed by atoms with E-state index in [-0.39, 0.29) is 17.5 Å². The van der Waals surface area contributed by atoms with Crippen molar-refractivity contribution in [1.82, 2.24) is 29.9 Å². The lowest BCUT2D eigenvalue weighted by Gasteiger charge is -2.39. The Morgan fingerprint density at radius 1 is 1.00 bits per heavy atom. The lowest BCUT2D eigenvalue weighted by atomic mass is 9.84. The molecule has 5 rings (SSSR count). The maximum atomic E-state index is 14.1. The van der Waals surface area contributed by atoms with Crippen LogP contribution in [0.15, 0.2) is 36.7 Å². The molecule has 0 aliphatic carbocycles. The van der Waals surface area contributed by atoms with Crippen molar-refractivity contribution in [3.63, 3.8) is 0 Å². The first kappa shape index (κ1) is 20.5. The number of amides is 1. The van der Waals surface area contributed by atoms with Crippen molar-refractivity contribution in [3.8, 4) is 5.69 Å². The molecular weight excluding hydrogens is 409 g/mol. The summed E-state index contributed by atoms with van der Waals surface area (Å²) in [7, 11) is 0. The zero-order valence-electron chi connectivity index (χ0n) is 18.4. The van der Waals surface area contributed by atoms with Gasteiger partial charge in [-0.25, -0.2) is 14.4 Å².